The van der Waals surface area contributed by atoms with E-state index in [1.807, 2.05) is 48.3 Å². The van der Waals surface area contributed by atoms with Crippen molar-refractivity contribution in [1.82, 2.24) is 34.7 Å². The molecular weight excluding hydrogens is 572 g/mol. The van der Waals surface area contributed by atoms with Gasteiger partial charge in [0, 0.05) is 61.3 Å². The van der Waals surface area contributed by atoms with Crippen molar-refractivity contribution in [2.45, 2.75) is 57.8 Å². The van der Waals surface area contributed by atoms with Crippen LogP contribution in [-0.4, -0.2) is 53.3 Å². The van der Waals surface area contributed by atoms with Crippen molar-refractivity contribution in [3.63, 3.8) is 0 Å². The van der Waals surface area contributed by atoms with Gasteiger partial charge in [-0.05, 0) is 51.3 Å². The molecule has 0 amide bonds. The van der Waals surface area contributed by atoms with Crippen LogP contribution in [0.3, 0.4) is 0 Å². The number of nitrogens with zero attached hydrogens (tertiary/aromatic N) is 8. The van der Waals surface area contributed by atoms with Crippen molar-refractivity contribution in [1.29, 1.82) is 5.26 Å². The number of aryl methyl sites for hydroxylation is 1. The van der Waals surface area contributed by atoms with Crippen LogP contribution in [-0.2, 0) is 13.6 Å². The minimum absolute atomic E-state index is 0.166. The van der Waals surface area contributed by atoms with Crippen LogP contribution in [0.2, 0.25) is 5.02 Å². The van der Waals surface area contributed by atoms with Gasteiger partial charge in [0.2, 0.25) is 0 Å². The zero-order valence-electron chi connectivity index (χ0n) is 25.5. The Morgan fingerprint density at radius 1 is 1.09 bits per heavy atom. The minimum Gasteiger partial charge on any atom is -0.379 e. The SMILES string of the molecule is Cn1cc(CNc2c(C#N)cnc3c(Cl)cc(NC(c4ccccc4)c4cn(C5CCN(C(C)(C)C)CC5)nn4)cc23)cn1. The second-order valence-corrected chi connectivity index (χ2v) is 12.8. The molecule has 4 heterocycles. The van der Waals surface area contributed by atoms with E-state index in [-0.39, 0.29) is 11.6 Å². The summed E-state index contributed by atoms with van der Waals surface area (Å²) < 4.78 is 3.78. The zero-order chi connectivity index (χ0) is 30.8. The molecule has 1 atom stereocenters. The predicted molar refractivity (Wildman–Crippen MR) is 174 cm³/mol. The van der Waals surface area contributed by atoms with Crippen molar-refractivity contribution in [3.05, 3.63) is 94.7 Å². The highest BCUT2D eigenvalue weighted by molar-refractivity contribution is 6.35. The number of nitrogens with one attached hydrogen (secondary N) is 2. The number of hydrogen-bond donors (Lipinski definition) is 2. The van der Waals surface area contributed by atoms with Gasteiger partial charge in [0.15, 0.2) is 0 Å². The second-order valence-electron chi connectivity index (χ2n) is 12.4. The van der Waals surface area contributed by atoms with Crippen molar-refractivity contribution in [2.75, 3.05) is 23.7 Å². The van der Waals surface area contributed by atoms with Gasteiger partial charge < -0.3 is 10.6 Å². The first kappa shape index (κ1) is 29.6. The number of hydrogen-bond acceptors (Lipinski definition) is 8. The summed E-state index contributed by atoms with van der Waals surface area (Å²) in [7, 11) is 1.88. The largest absolute Gasteiger partial charge is 0.379 e. The Bertz CT molecular complexity index is 1790. The fraction of sp³-hybridized carbons (Fsp3) is 0.364. The number of aromatic nitrogens is 6. The molecule has 0 saturated carbocycles. The maximum absolute atomic E-state index is 9.91. The summed E-state index contributed by atoms with van der Waals surface area (Å²) in [5, 5.41) is 31.7. The summed E-state index contributed by atoms with van der Waals surface area (Å²) in [6, 6.07) is 16.4. The molecule has 1 unspecified atom stereocenters. The predicted octanol–water partition coefficient (Wildman–Crippen LogP) is 6.33. The van der Waals surface area contributed by atoms with E-state index in [9.17, 15) is 5.26 Å². The first-order valence-corrected chi connectivity index (χ1v) is 15.3. The minimum atomic E-state index is -0.271. The maximum atomic E-state index is 9.91. The highest BCUT2D eigenvalue weighted by Gasteiger charge is 2.29. The Labute approximate surface area is 262 Å². The van der Waals surface area contributed by atoms with Gasteiger partial charge in [-0.25, -0.2) is 4.68 Å². The molecule has 3 aromatic heterocycles. The zero-order valence-corrected chi connectivity index (χ0v) is 26.3. The van der Waals surface area contributed by atoms with Gasteiger partial charge in [0.05, 0.1) is 46.3 Å². The number of nitriles is 1. The van der Waals surface area contributed by atoms with E-state index in [4.69, 9.17) is 11.6 Å². The molecule has 1 fully saturated rings. The van der Waals surface area contributed by atoms with Crippen LogP contribution in [0, 0.1) is 11.3 Å². The molecule has 0 radical (unpaired) electrons. The number of pyridine rings is 1. The van der Waals surface area contributed by atoms with Crippen LogP contribution in [0.4, 0.5) is 11.4 Å². The third-order valence-electron chi connectivity index (χ3n) is 8.33. The molecule has 44 heavy (non-hydrogen) atoms. The van der Waals surface area contributed by atoms with E-state index < -0.39 is 0 Å². The lowest BCUT2D eigenvalue weighted by atomic mass is 9.98. The molecule has 1 saturated heterocycles. The Morgan fingerprint density at radius 3 is 2.55 bits per heavy atom. The third kappa shape index (κ3) is 6.25. The first-order chi connectivity index (χ1) is 21.2. The summed E-state index contributed by atoms with van der Waals surface area (Å²) in [6.45, 7) is 9.39. The van der Waals surface area contributed by atoms with Gasteiger partial charge in [-0.3, -0.25) is 14.6 Å². The average Bonchev–Trinajstić information content (AvgIpc) is 3.68. The lowest BCUT2D eigenvalue weighted by Crippen LogP contribution is -2.46. The Hall–Kier alpha value is -4.46. The Kier molecular flexibility index (Phi) is 8.25. The highest BCUT2D eigenvalue weighted by atomic mass is 35.5. The van der Waals surface area contributed by atoms with Crippen LogP contribution in [0.5, 0.6) is 0 Å². The number of benzene rings is 2. The van der Waals surface area contributed by atoms with E-state index >= 15 is 0 Å². The molecular formula is C33H37ClN10. The quantitative estimate of drug-likeness (QED) is 0.210. The van der Waals surface area contributed by atoms with E-state index in [0.29, 0.717) is 34.4 Å². The molecule has 11 heteroatoms. The molecule has 2 N–H and O–H groups in total. The van der Waals surface area contributed by atoms with Crippen LogP contribution in [0.1, 0.15) is 68.1 Å². The second kappa shape index (κ2) is 12.3. The summed E-state index contributed by atoms with van der Waals surface area (Å²) in [5.41, 5.74) is 5.56. The van der Waals surface area contributed by atoms with Crippen LogP contribution in [0.25, 0.3) is 10.9 Å². The van der Waals surface area contributed by atoms with Crippen LogP contribution in [0.15, 0.2) is 67.3 Å². The monoisotopic (exact) mass is 608 g/mol. The number of halogens is 1. The topological polar surface area (TPSA) is 113 Å². The summed E-state index contributed by atoms with van der Waals surface area (Å²) in [6.07, 6.45) is 9.44. The van der Waals surface area contributed by atoms with Gasteiger partial charge in [0.25, 0.3) is 0 Å². The van der Waals surface area contributed by atoms with Crippen LogP contribution >= 0.6 is 11.6 Å². The molecule has 5 aromatic rings. The number of piperidine rings is 1. The van der Waals surface area contributed by atoms with Crippen LogP contribution < -0.4 is 10.6 Å². The molecule has 2 aromatic carbocycles. The normalized spacial score (nSPS) is 15.3. The van der Waals surface area contributed by atoms with E-state index in [1.54, 1.807) is 17.1 Å². The van der Waals surface area contributed by atoms with E-state index in [2.05, 4.69) is 81.1 Å². The van der Waals surface area contributed by atoms with Crippen molar-refractivity contribution in [3.8, 4) is 6.07 Å². The number of rotatable bonds is 8. The van der Waals surface area contributed by atoms with Gasteiger partial charge >= 0.3 is 0 Å². The molecule has 0 spiro atoms. The molecule has 0 aliphatic carbocycles. The highest BCUT2D eigenvalue weighted by Crippen LogP contribution is 2.36. The summed E-state index contributed by atoms with van der Waals surface area (Å²) in [5.74, 6) is 0. The number of likely N-dealkylation sites (tertiary alicyclic amines) is 1. The number of anilines is 2. The smallest absolute Gasteiger partial charge is 0.109 e. The van der Waals surface area contributed by atoms with Crippen molar-refractivity contribution < 1.29 is 0 Å². The third-order valence-corrected chi connectivity index (χ3v) is 8.62. The standard InChI is InChI=1S/C33H37ClN10/c1-33(2,3)43-12-10-26(11-13-43)44-21-29(40-41-44)31(23-8-6-5-7-9-23)39-25-14-27-30(36-17-22-18-38-42(4)20-22)24(16-35)19-37-32(27)28(34)15-25/h5-9,14-15,18-21,26,31,39H,10-13,17H2,1-4H3,(H,36,37). The molecule has 1 aliphatic heterocycles. The summed E-state index contributed by atoms with van der Waals surface area (Å²) >= 11 is 6.81. The van der Waals surface area contributed by atoms with Gasteiger partial charge in [-0.1, -0.05) is 47.1 Å². The fourth-order valence-corrected chi connectivity index (χ4v) is 6.18. The molecule has 10 nitrogen and oxygen atoms in total. The number of fused-ring (bicyclic) bond motifs is 1. The lowest BCUT2D eigenvalue weighted by molar-refractivity contribution is 0.0866. The fourth-order valence-electron chi connectivity index (χ4n) is 5.91. The Balaban J connectivity index is 1.32. The maximum Gasteiger partial charge on any atom is 0.109 e. The Morgan fingerprint density at radius 2 is 1.86 bits per heavy atom. The average molecular weight is 609 g/mol. The van der Waals surface area contributed by atoms with Gasteiger partial charge in [-0.15, -0.1) is 5.10 Å². The van der Waals surface area contributed by atoms with Gasteiger partial charge in [-0.2, -0.15) is 10.4 Å². The van der Waals surface area contributed by atoms with Gasteiger partial charge in [0.1, 0.15) is 11.8 Å². The molecule has 226 valence electrons. The molecule has 6 rings (SSSR count). The first-order valence-electron chi connectivity index (χ1n) is 14.9. The van der Waals surface area contributed by atoms with Crippen molar-refractivity contribution in [2.24, 2.45) is 7.05 Å². The van der Waals surface area contributed by atoms with E-state index in [0.717, 1.165) is 53.8 Å². The molecule has 0 bridgehead atoms. The van der Waals surface area contributed by atoms with E-state index in [1.165, 1.54) is 0 Å². The lowest BCUT2D eigenvalue weighted by Gasteiger charge is -2.40. The molecule has 1 aliphatic rings. The summed E-state index contributed by atoms with van der Waals surface area (Å²) in [4.78, 5) is 7.05. The van der Waals surface area contributed by atoms with Crippen molar-refractivity contribution >= 4 is 33.9 Å².